The number of nitriles is 1. The van der Waals surface area contributed by atoms with Gasteiger partial charge in [-0.25, -0.2) is 4.98 Å². The van der Waals surface area contributed by atoms with Crippen LogP contribution in [0.5, 0.6) is 0 Å². The highest BCUT2D eigenvalue weighted by Gasteiger charge is 2.25. The van der Waals surface area contributed by atoms with Crippen molar-refractivity contribution in [3.8, 4) is 6.07 Å². The molecule has 0 saturated carbocycles. The van der Waals surface area contributed by atoms with Crippen molar-refractivity contribution in [1.82, 2.24) is 20.1 Å². The van der Waals surface area contributed by atoms with E-state index in [0.29, 0.717) is 12.2 Å². The molecule has 1 saturated heterocycles. The second kappa shape index (κ2) is 7.36. The first-order valence-corrected chi connectivity index (χ1v) is 8.02. The fourth-order valence-corrected chi connectivity index (χ4v) is 2.80. The second-order valence-electron chi connectivity index (χ2n) is 5.80. The van der Waals surface area contributed by atoms with E-state index in [0.717, 1.165) is 49.7 Å². The van der Waals surface area contributed by atoms with Crippen LogP contribution >= 0.6 is 0 Å². The molecule has 1 fully saturated rings. The van der Waals surface area contributed by atoms with E-state index in [1.807, 2.05) is 18.2 Å². The Morgan fingerprint density at radius 3 is 3.22 bits per heavy atom. The zero-order chi connectivity index (χ0) is 16.1. The molecule has 0 bridgehead atoms. The Bertz CT molecular complexity index is 690. The SMILES string of the molecule is CCCc1nc([C@H]2CN(Cc3cccc(C#N)c3)CCO2)n[nH]1. The highest BCUT2D eigenvalue weighted by atomic mass is 16.5. The molecule has 1 aliphatic rings. The fraction of sp³-hybridized carbons (Fsp3) is 0.471. The van der Waals surface area contributed by atoms with Gasteiger partial charge >= 0.3 is 0 Å². The lowest BCUT2D eigenvalue weighted by Gasteiger charge is -2.31. The van der Waals surface area contributed by atoms with Crippen molar-refractivity contribution in [3.63, 3.8) is 0 Å². The molecular formula is C17H21N5O. The van der Waals surface area contributed by atoms with Crippen LogP contribution in [0.15, 0.2) is 24.3 Å². The first-order chi connectivity index (χ1) is 11.3. The van der Waals surface area contributed by atoms with Crippen molar-refractivity contribution in [2.45, 2.75) is 32.4 Å². The third kappa shape index (κ3) is 3.95. The van der Waals surface area contributed by atoms with Gasteiger partial charge in [-0.15, -0.1) is 0 Å². The molecular weight excluding hydrogens is 290 g/mol. The minimum absolute atomic E-state index is 0.0928. The van der Waals surface area contributed by atoms with Crippen LogP contribution in [0.3, 0.4) is 0 Å². The van der Waals surface area contributed by atoms with Crippen molar-refractivity contribution in [1.29, 1.82) is 5.26 Å². The lowest BCUT2D eigenvalue weighted by Crippen LogP contribution is -2.38. The lowest BCUT2D eigenvalue weighted by atomic mass is 10.1. The summed E-state index contributed by atoms with van der Waals surface area (Å²) in [5, 5.41) is 16.3. The van der Waals surface area contributed by atoms with E-state index < -0.39 is 0 Å². The molecule has 0 amide bonds. The molecule has 1 aromatic carbocycles. The summed E-state index contributed by atoms with van der Waals surface area (Å²) in [7, 11) is 0. The van der Waals surface area contributed by atoms with Crippen LogP contribution in [0, 0.1) is 11.3 Å². The van der Waals surface area contributed by atoms with E-state index in [4.69, 9.17) is 10.00 Å². The Hall–Kier alpha value is -2.23. The zero-order valence-corrected chi connectivity index (χ0v) is 13.3. The zero-order valence-electron chi connectivity index (χ0n) is 13.3. The van der Waals surface area contributed by atoms with E-state index >= 15 is 0 Å². The maximum Gasteiger partial charge on any atom is 0.180 e. The van der Waals surface area contributed by atoms with Gasteiger partial charge in [-0.05, 0) is 24.1 Å². The van der Waals surface area contributed by atoms with Crippen LogP contribution in [-0.2, 0) is 17.7 Å². The largest absolute Gasteiger partial charge is 0.367 e. The third-order valence-electron chi connectivity index (χ3n) is 3.94. The van der Waals surface area contributed by atoms with E-state index in [1.165, 1.54) is 0 Å². The van der Waals surface area contributed by atoms with E-state index in [9.17, 15) is 0 Å². The van der Waals surface area contributed by atoms with E-state index in [2.05, 4.69) is 39.1 Å². The number of nitrogens with zero attached hydrogens (tertiary/aromatic N) is 4. The predicted octanol–water partition coefficient (Wildman–Crippen LogP) is 2.20. The van der Waals surface area contributed by atoms with Crippen LogP contribution in [0.4, 0.5) is 0 Å². The number of aromatic amines is 1. The van der Waals surface area contributed by atoms with Gasteiger partial charge in [0.1, 0.15) is 11.9 Å². The van der Waals surface area contributed by atoms with Gasteiger partial charge in [0.05, 0.1) is 18.2 Å². The molecule has 2 heterocycles. The summed E-state index contributed by atoms with van der Waals surface area (Å²) in [5.74, 6) is 1.66. The van der Waals surface area contributed by atoms with E-state index in [1.54, 1.807) is 0 Å². The van der Waals surface area contributed by atoms with Gasteiger partial charge in [-0.3, -0.25) is 10.00 Å². The summed E-state index contributed by atoms with van der Waals surface area (Å²) in [5.41, 5.74) is 1.84. The van der Waals surface area contributed by atoms with Gasteiger partial charge < -0.3 is 4.74 Å². The monoisotopic (exact) mass is 311 g/mol. The van der Waals surface area contributed by atoms with Crippen molar-refractivity contribution in [3.05, 3.63) is 47.0 Å². The molecule has 0 unspecified atom stereocenters. The molecule has 0 spiro atoms. The molecule has 1 aliphatic heterocycles. The highest BCUT2D eigenvalue weighted by Crippen LogP contribution is 2.21. The number of rotatable bonds is 5. The number of hydrogen-bond acceptors (Lipinski definition) is 5. The molecule has 1 atom stereocenters. The predicted molar refractivity (Wildman–Crippen MR) is 85.5 cm³/mol. The first-order valence-electron chi connectivity index (χ1n) is 8.02. The Labute approximate surface area is 136 Å². The Kier molecular flexibility index (Phi) is 5.01. The number of aryl methyl sites for hydroxylation is 1. The summed E-state index contributed by atoms with van der Waals surface area (Å²) < 4.78 is 5.83. The number of morpholine rings is 1. The van der Waals surface area contributed by atoms with Gasteiger partial charge in [0.25, 0.3) is 0 Å². The summed E-state index contributed by atoms with van der Waals surface area (Å²) in [6, 6.07) is 9.94. The minimum Gasteiger partial charge on any atom is -0.367 e. The first kappa shape index (κ1) is 15.7. The van der Waals surface area contributed by atoms with Crippen molar-refractivity contribution >= 4 is 0 Å². The van der Waals surface area contributed by atoms with Crippen LogP contribution in [0.1, 0.15) is 42.2 Å². The maximum atomic E-state index is 9.00. The molecule has 6 nitrogen and oxygen atoms in total. The molecule has 1 N–H and O–H groups in total. The average molecular weight is 311 g/mol. The quantitative estimate of drug-likeness (QED) is 0.916. The summed E-state index contributed by atoms with van der Waals surface area (Å²) >= 11 is 0. The number of aromatic nitrogens is 3. The maximum absolute atomic E-state index is 9.00. The van der Waals surface area contributed by atoms with Crippen molar-refractivity contribution in [2.24, 2.45) is 0 Å². The summed E-state index contributed by atoms with van der Waals surface area (Å²) in [4.78, 5) is 6.85. The van der Waals surface area contributed by atoms with Crippen LogP contribution in [0.2, 0.25) is 0 Å². The summed E-state index contributed by atoms with van der Waals surface area (Å²) in [6.07, 6.45) is 1.86. The molecule has 120 valence electrons. The Balaban J connectivity index is 1.64. The van der Waals surface area contributed by atoms with Crippen LogP contribution in [-0.4, -0.2) is 39.8 Å². The Morgan fingerprint density at radius 2 is 2.39 bits per heavy atom. The molecule has 6 heteroatoms. The molecule has 2 aromatic rings. The molecule has 0 aliphatic carbocycles. The van der Waals surface area contributed by atoms with Crippen LogP contribution < -0.4 is 0 Å². The van der Waals surface area contributed by atoms with E-state index in [-0.39, 0.29) is 6.10 Å². The molecule has 23 heavy (non-hydrogen) atoms. The average Bonchev–Trinajstić information content (AvgIpc) is 3.04. The lowest BCUT2D eigenvalue weighted by molar-refractivity contribution is -0.0370. The second-order valence-corrected chi connectivity index (χ2v) is 5.80. The van der Waals surface area contributed by atoms with Crippen molar-refractivity contribution < 1.29 is 4.74 Å². The number of nitrogens with one attached hydrogen (secondary N) is 1. The summed E-state index contributed by atoms with van der Waals surface area (Å²) in [6.45, 7) is 5.23. The number of ether oxygens (including phenoxy) is 1. The topological polar surface area (TPSA) is 77.8 Å². The fourth-order valence-electron chi connectivity index (χ4n) is 2.80. The smallest absolute Gasteiger partial charge is 0.180 e. The molecule has 1 aromatic heterocycles. The molecule has 3 rings (SSSR count). The standard InChI is InChI=1S/C17H21N5O/c1-2-4-16-19-17(21-20-16)15-12-22(7-8-23-15)11-14-6-3-5-13(9-14)10-18/h3,5-6,9,15H,2,4,7-8,11-12H2,1H3,(H,19,20,21)/t15-/m1/s1. The number of hydrogen-bond donors (Lipinski definition) is 1. The van der Waals surface area contributed by atoms with Crippen molar-refractivity contribution in [2.75, 3.05) is 19.7 Å². The van der Waals surface area contributed by atoms with Gasteiger partial charge in [0.2, 0.25) is 0 Å². The highest BCUT2D eigenvalue weighted by molar-refractivity contribution is 5.32. The third-order valence-corrected chi connectivity index (χ3v) is 3.94. The molecule has 0 radical (unpaired) electrons. The Morgan fingerprint density at radius 1 is 1.48 bits per heavy atom. The van der Waals surface area contributed by atoms with Gasteiger partial charge in [0.15, 0.2) is 5.82 Å². The number of benzene rings is 1. The number of H-pyrrole nitrogens is 1. The van der Waals surface area contributed by atoms with Crippen LogP contribution in [0.25, 0.3) is 0 Å². The van der Waals surface area contributed by atoms with Gasteiger partial charge in [-0.2, -0.15) is 10.4 Å². The van der Waals surface area contributed by atoms with Gasteiger partial charge in [-0.1, -0.05) is 19.1 Å². The normalized spacial score (nSPS) is 18.7. The minimum atomic E-state index is -0.0928. The van der Waals surface area contributed by atoms with Gasteiger partial charge in [0, 0.05) is 26.1 Å².